The number of nitrogens with two attached hydrogens (primary N) is 1. The molecule has 0 heterocycles. The van der Waals surface area contributed by atoms with Gasteiger partial charge in [-0.1, -0.05) is 29.8 Å². The number of nitrogens with one attached hydrogen (secondary N) is 1. The summed E-state index contributed by atoms with van der Waals surface area (Å²) in [5.41, 5.74) is 6.62. The van der Waals surface area contributed by atoms with Crippen LogP contribution in [0.2, 0.25) is 0 Å². The van der Waals surface area contributed by atoms with Crippen LogP contribution in [0, 0.1) is 5.92 Å². The van der Waals surface area contributed by atoms with E-state index in [0.29, 0.717) is 12.3 Å². The number of hydrogen-bond donors (Lipinski definition) is 2. The summed E-state index contributed by atoms with van der Waals surface area (Å²) in [4.78, 5) is 25.5. The van der Waals surface area contributed by atoms with Crippen LogP contribution in [-0.2, 0) is 16.1 Å². The van der Waals surface area contributed by atoms with E-state index in [0.717, 1.165) is 10.0 Å². The Labute approximate surface area is 145 Å². The van der Waals surface area contributed by atoms with Crippen molar-refractivity contribution in [1.29, 1.82) is 0 Å². The van der Waals surface area contributed by atoms with E-state index in [1.54, 1.807) is 14.2 Å². The van der Waals surface area contributed by atoms with Gasteiger partial charge in [-0.25, -0.2) is 0 Å². The first-order chi connectivity index (χ1) is 10.8. The van der Waals surface area contributed by atoms with Crippen LogP contribution in [0.3, 0.4) is 0 Å². The van der Waals surface area contributed by atoms with Crippen molar-refractivity contribution in [3.8, 4) is 5.75 Å². The highest BCUT2D eigenvalue weighted by molar-refractivity contribution is 9.10. The molecule has 3 N–H and O–H groups in total. The molecule has 1 atom stereocenters. The van der Waals surface area contributed by atoms with Crippen molar-refractivity contribution in [2.75, 3.05) is 20.7 Å². The fraction of sp³-hybridized carbons (Fsp3) is 0.500. The first-order valence-corrected chi connectivity index (χ1v) is 8.15. The number of hydrogen-bond acceptors (Lipinski definition) is 4. The van der Waals surface area contributed by atoms with Gasteiger partial charge in [0.1, 0.15) is 5.75 Å². The van der Waals surface area contributed by atoms with Gasteiger partial charge in [-0.3, -0.25) is 9.59 Å². The molecular formula is C16H24BrN3O3. The SMILES string of the molecule is COc1ccc(Br)cc1CN(C)C(=O)CNC(=O)[C@@H](N)C(C)C. The van der Waals surface area contributed by atoms with Crippen molar-refractivity contribution in [2.45, 2.75) is 26.4 Å². The van der Waals surface area contributed by atoms with E-state index in [2.05, 4.69) is 21.2 Å². The van der Waals surface area contributed by atoms with Crippen LogP contribution in [0.4, 0.5) is 0 Å². The molecule has 0 spiro atoms. The molecule has 0 aromatic heterocycles. The van der Waals surface area contributed by atoms with Gasteiger partial charge in [-0.2, -0.15) is 0 Å². The average Bonchev–Trinajstić information content (AvgIpc) is 2.51. The van der Waals surface area contributed by atoms with E-state index < -0.39 is 6.04 Å². The average molecular weight is 386 g/mol. The number of carbonyl (C=O) groups excluding carboxylic acids is 2. The van der Waals surface area contributed by atoms with Gasteiger partial charge in [0.05, 0.1) is 19.7 Å². The summed E-state index contributed by atoms with van der Waals surface area (Å²) < 4.78 is 6.20. The Bertz CT molecular complexity index is 564. The van der Waals surface area contributed by atoms with Gasteiger partial charge in [0.15, 0.2) is 0 Å². The smallest absolute Gasteiger partial charge is 0.242 e. The van der Waals surface area contributed by atoms with E-state index in [1.165, 1.54) is 4.90 Å². The molecule has 1 aromatic carbocycles. The topological polar surface area (TPSA) is 84.7 Å². The summed E-state index contributed by atoms with van der Waals surface area (Å²) in [6.07, 6.45) is 0. The van der Waals surface area contributed by atoms with Gasteiger partial charge in [0, 0.05) is 23.6 Å². The Morgan fingerprint density at radius 1 is 1.39 bits per heavy atom. The van der Waals surface area contributed by atoms with Gasteiger partial charge in [-0.15, -0.1) is 0 Å². The number of likely N-dealkylation sites (N-methyl/N-ethyl adjacent to an activating group) is 1. The molecule has 0 fully saturated rings. The quantitative estimate of drug-likeness (QED) is 0.744. The summed E-state index contributed by atoms with van der Waals surface area (Å²) in [7, 11) is 3.26. The fourth-order valence-electron chi connectivity index (χ4n) is 1.93. The maximum Gasteiger partial charge on any atom is 0.242 e. The molecule has 0 radical (unpaired) electrons. The second-order valence-electron chi connectivity index (χ2n) is 5.69. The normalized spacial score (nSPS) is 12.0. The number of nitrogens with zero attached hydrogens (tertiary/aromatic N) is 1. The molecule has 0 bridgehead atoms. The van der Waals surface area contributed by atoms with Crippen molar-refractivity contribution in [2.24, 2.45) is 11.7 Å². The molecule has 7 heteroatoms. The Hall–Kier alpha value is -1.60. The predicted octanol–water partition coefficient (Wildman–Crippen LogP) is 1.52. The van der Waals surface area contributed by atoms with Crippen LogP contribution in [0.1, 0.15) is 19.4 Å². The largest absolute Gasteiger partial charge is 0.496 e. The number of benzene rings is 1. The Morgan fingerprint density at radius 2 is 2.04 bits per heavy atom. The maximum atomic E-state index is 12.1. The second-order valence-corrected chi connectivity index (χ2v) is 6.61. The molecule has 0 aliphatic heterocycles. The Kier molecular flexibility index (Phi) is 7.51. The predicted molar refractivity (Wildman–Crippen MR) is 93.0 cm³/mol. The van der Waals surface area contributed by atoms with Crippen LogP contribution >= 0.6 is 15.9 Å². The third-order valence-electron chi connectivity index (χ3n) is 3.51. The monoisotopic (exact) mass is 385 g/mol. The minimum absolute atomic E-state index is 0.0220. The highest BCUT2D eigenvalue weighted by Gasteiger charge is 2.19. The van der Waals surface area contributed by atoms with Crippen molar-refractivity contribution in [3.63, 3.8) is 0 Å². The number of carbonyl (C=O) groups is 2. The molecule has 2 amide bonds. The van der Waals surface area contributed by atoms with Crippen LogP contribution in [-0.4, -0.2) is 43.5 Å². The number of halogens is 1. The molecule has 1 rings (SSSR count). The molecule has 128 valence electrons. The summed E-state index contributed by atoms with van der Waals surface area (Å²) >= 11 is 3.40. The number of ether oxygens (including phenoxy) is 1. The minimum Gasteiger partial charge on any atom is -0.496 e. The highest BCUT2D eigenvalue weighted by atomic mass is 79.9. The zero-order valence-corrected chi connectivity index (χ0v) is 15.5. The van der Waals surface area contributed by atoms with Crippen LogP contribution < -0.4 is 15.8 Å². The lowest BCUT2D eigenvalue weighted by Gasteiger charge is -2.20. The number of methoxy groups -OCH3 is 1. The zero-order valence-electron chi connectivity index (χ0n) is 13.9. The van der Waals surface area contributed by atoms with Crippen LogP contribution in [0.5, 0.6) is 5.75 Å². The first-order valence-electron chi connectivity index (χ1n) is 7.36. The Balaban J connectivity index is 2.61. The van der Waals surface area contributed by atoms with Crippen molar-refractivity contribution < 1.29 is 14.3 Å². The molecular weight excluding hydrogens is 362 g/mol. The maximum absolute atomic E-state index is 12.1. The van der Waals surface area contributed by atoms with E-state index in [-0.39, 0.29) is 24.3 Å². The summed E-state index contributed by atoms with van der Waals surface area (Å²) in [5, 5.41) is 2.57. The molecule has 0 aliphatic carbocycles. The molecule has 0 saturated carbocycles. The van der Waals surface area contributed by atoms with Gasteiger partial charge in [-0.05, 0) is 24.1 Å². The van der Waals surface area contributed by atoms with Gasteiger partial charge >= 0.3 is 0 Å². The lowest BCUT2D eigenvalue weighted by Crippen LogP contribution is -2.47. The van der Waals surface area contributed by atoms with Gasteiger partial charge in [0.25, 0.3) is 0 Å². The lowest BCUT2D eigenvalue weighted by atomic mass is 10.1. The summed E-state index contributed by atoms with van der Waals surface area (Å²) in [5.74, 6) is 0.214. The Morgan fingerprint density at radius 3 is 2.61 bits per heavy atom. The van der Waals surface area contributed by atoms with Crippen LogP contribution in [0.25, 0.3) is 0 Å². The molecule has 23 heavy (non-hydrogen) atoms. The van der Waals surface area contributed by atoms with Crippen LogP contribution in [0.15, 0.2) is 22.7 Å². The second kappa shape index (κ2) is 8.88. The van der Waals surface area contributed by atoms with E-state index >= 15 is 0 Å². The molecule has 0 unspecified atom stereocenters. The number of amides is 2. The zero-order chi connectivity index (χ0) is 17.6. The highest BCUT2D eigenvalue weighted by Crippen LogP contribution is 2.24. The minimum atomic E-state index is -0.613. The fourth-order valence-corrected chi connectivity index (χ4v) is 2.34. The summed E-state index contributed by atoms with van der Waals surface area (Å²) in [6, 6.07) is 4.99. The van der Waals surface area contributed by atoms with E-state index in [4.69, 9.17) is 10.5 Å². The van der Waals surface area contributed by atoms with Gasteiger partial charge < -0.3 is 20.7 Å². The summed E-state index contributed by atoms with van der Waals surface area (Å²) in [6.45, 7) is 4.02. The van der Waals surface area contributed by atoms with Crippen molar-refractivity contribution >= 4 is 27.7 Å². The molecule has 0 saturated heterocycles. The van der Waals surface area contributed by atoms with E-state index in [1.807, 2.05) is 32.0 Å². The van der Waals surface area contributed by atoms with E-state index in [9.17, 15) is 9.59 Å². The first kappa shape index (κ1) is 19.4. The molecule has 6 nitrogen and oxygen atoms in total. The number of rotatable bonds is 7. The lowest BCUT2D eigenvalue weighted by molar-refractivity contribution is -0.132. The molecule has 0 aliphatic rings. The van der Waals surface area contributed by atoms with Crippen molar-refractivity contribution in [3.05, 3.63) is 28.2 Å². The third kappa shape index (κ3) is 5.84. The standard InChI is InChI=1S/C16H24BrN3O3/c1-10(2)15(18)16(22)19-8-14(21)20(3)9-11-7-12(17)5-6-13(11)23-4/h5-7,10,15H,8-9,18H2,1-4H3,(H,19,22)/t15-/m0/s1. The van der Waals surface area contributed by atoms with Gasteiger partial charge in [0.2, 0.25) is 11.8 Å². The van der Waals surface area contributed by atoms with Crippen molar-refractivity contribution in [1.82, 2.24) is 10.2 Å². The molecule has 1 aromatic rings. The third-order valence-corrected chi connectivity index (χ3v) is 4.00.